The summed E-state index contributed by atoms with van der Waals surface area (Å²) in [5, 5.41) is 10.7. The fourth-order valence-electron chi connectivity index (χ4n) is 2.97. The number of aryl methyl sites for hydroxylation is 1. The summed E-state index contributed by atoms with van der Waals surface area (Å²) in [4.78, 5) is 37.0. The lowest BCUT2D eigenvalue weighted by atomic mass is 10.1. The van der Waals surface area contributed by atoms with E-state index in [1.807, 2.05) is 25.1 Å². The molecule has 0 bridgehead atoms. The van der Waals surface area contributed by atoms with Gasteiger partial charge in [0.2, 0.25) is 11.8 Å². The molecule has 3 amide bonds. The van der Waals surface area contributed by atoms with Crippen molar-refractivity contribution in [1.29, 1.82) is 0 Å². The summed E-state index contributed by atoms with van der Waals surface area (Å²) >= 11 is 0. The van der Waals surface area contributed by atoms with Gasteiger partial charge < -0.3 is 15.4 Å². The first-order valence-corrected chi connectivity index (χ1v) is 9.70. The maximum absolute atomic E-state index is 12.5. The number of hydrogen-bond donors (Lipinski definition) is 2. The van der Waals surface area contributed by atoms with E-state index in [9.17, 15) is 14.4 Å². The Morgan fingerprint density at radius 2 is 1.83 bits per heavy atom. The number of nitrogens with one attached hydrogen (secondary N) is 2. The summed E-state index contributed by atoms with van der Waals surface area (Å²) < 4.78 is 5.09. The number of hydrazone groups is 1. The Morgan fingerprint density at radius 1 is 1.07 bits per heavy atom. The zero-order chi connectivity index (χ0) is 21.5. The number of nitrogens with zero attached hydrogens (tertiary/aromatic N) is 2. The van der Waals surface area contributed by atoms with E-state index in [4.69, 9.17) is 4.74 Å². The van der Waals surface area contributed by atoms with Crippen molar-refractivity contribution < 1.29 is 19.1 Å². The van der Waals surface area contributed by atoms with Crippen molar-refractivity contribution >= 4 is 34.8 Å². The second-order valence-corrected chi connectivity index (χ2v) is 6.78. The van der Waals surface area contributed by atoms with Gasteiger partial charge in [-0.1, -0.05) is 19.1 Å². The standard InChI is InChI=1S/C22H24N4O4/c1-3-15-5-4-6-17(13-15)23-20(27)14-26-21(28)12-11-19(25-26)22(29)24-16-7-9-18(30-2)10-8-16/h4-10,13H,3,11-12,14H2,1-2H3,(H,23,27)(H,24,29). The predicted molar refractivity (Wildman–Crippen MR) is 114 cm³/mol. The Hall–Kier alpha value is -3.68. The Morgan fingerprint density at radius 3 is 2.53 bits per heavy atom. The van der Waals surface area contributed by atoms with E-state index in [2.05, 4.69) is 15.7 Å². The molecule has 30 heavy (non-hydrogen) atoms. The average Bonchev–Trinajstić information content (AvgIpc) is 2.75. The lowest BCUT2D eigenvalue weighted by Gasteiger charge is -2.22. The first-order chi connectivity index (χ1) is 14.5. The van der Waals surface area contributed by atoms with Crippen molar-refractivity contribution in [2.75, 3.05) is 24.3 Å². The van der Waals surface area contributed by atoms with Crippen LogP contribution in [0.1, 0.15) is 25.3 Å². The molecule has 8 heteroatoms. The summed E-state index contributed by atoms with van der Waals surface area (Å²) in [5.41, 5.74) is 2.54. The molecule has 2 aromatic carbocycles. The highest BCUT2D eigenvalue weighted by atomic mass is 16.5. The van der Waals surface area contributed by atoms with Gasteiger partial charge in [0, 0.05) is 24.2 Å². The van der Waals surface area contributed by atoms with Crippen molar-refractivity contribution in [2.45, 2.75) is 26.2 Å². The molecule has 0 saturated heterocycles. The summed E-state index contributed by atoms with van der Waals surface area (Å²) in [6.45, 7) is 1.77. The normalized spacial score (nSPS) is 13.5. The van der Waals surface area contributed by atoms with Crippen LogP contribution in [-0.4, -0.2) is 42.1 Å². The van der Waals surface area contributed by atoms with Crippen molar-refractivity contribution in [3.8, 4) is 5.75 Å². The predicted octanol–water partition coefficient (Wildman–Crippen LogP) is 2.81. The number of anilines is 2. The molecule has 2 aromatic rings. The van der Waals surface area contributed by atoms with Crippen molar-refractivity contribution in [2.24, 2.45) is 5.10 Å². The van der Waals surface area contributed by atoms with Crippen LogP contribution in [0.4, 0.5) is 11.4 Å². The minimum absolute atomic E-state index is 0.119. The van der Waals surface area contributed by atoms with Crippen LogP contribution in [0, 0.1) is 0 Å². The highest BCUT2D eigenvalue weighted by Gasteiger charge is 2.26. The minimum Gasteiger partial charge on any atom is -0.497 e. The number of rotatable bonds is 7. The molecule has 1 aliphatic heterocycles. The molecule has 0 radical (unpaired) electrons. The molecule has 0 unspecified atom stereocenters. The summed E-state index contributed by atoms with van der Waals surface area (Å²) in [6, 6.07) is 14.4. The molecule has 1 heterocycles. The molecule has 3 rings (SSSR count). The number of carbonyl (C=O) groups is 3. The third kappa shape index (κ3) is 5.44. The Labute approximate surface area is 174 Å². The highest BCUT2D eigenvalue weighted by Crippen LogP contribution is 2.17. The molecule has 2 N–H and O–H groups in total. The fraction of sp³-hybridized carbons (Fsp3) is 0.273. The quantitative estimate of drug-likeness (QED) is 0.736. The smallest absolute Gasteiger partial charge is 0.271 e. The molecule has 0 aliphatic carbocycles. The zero-order valence-electron chi connectivity index (χ0n) is 17.0. The van der Waals surface area contributed by atoms with Crippen LogP contribution in [0.5, 0.6) is 5.75 Å². The average molecular weight is 408 g/mol. The number of hydrogen-bond acceptors (Lipinski definition) is 5. The Bertz CT molecular complexity index is 969. The van der Waals surface area contributed by atoms with Crippen LogP contribution < -0.4 is 15.4 Å². The van der Waals surface area contributed by atoms with Crippen molar-refractivity contribution in [1.82, 2.24) is 5.01 Å². The van der Waals surface area contributed by atoms with Gasteiger partial charge in [0.1, 0.15) is 18.0 Å². The molecule has 1 aliphatic rings. The van der Waals surface area contributed by atoms with E-state index < -0.39 is 5.91 Å². The summed E-state index contributed by atoms with van der Waals surface area (Å²) in [5.74, 6) is -0.408. The maximum Gasteiger partial charge on any atom is 0.271 e. The van der Waals surface area contributed by atoms with Gasteiger partial charge in [-0.05, 0) is 48.4 Å². The molecule has 8 nitrogen and oxygen atoms in total. The molecule has 0 spiro atoms. The molecule has 0 saturated carbocycles. The number of carbonyl (C=O) groups excluding carboxylic acids is 3. The van der Waals surface area contributed by atoms with Crippen molar-refractivity contribution in [3.63, 3.8) is 0 Å². The number of benzene rings is 2. The van der Waals surface area contributed by atoms with E-state index >= 15 is 0 Å². The number of methoxy groups -OCH3 is 1. The van der Waals surface area contributed by atoms with Gasteiger partial charge in [-0.15, -0.1) is 0 Å². The molecular formula is C22H24N4O4. The fourth-order valence-corrected chi connectivity index (χ4v) is 2.97. The van der Waals surface area contributed by atoms with E-state index in [0.29, 0.717) is 17.1 Å². The van der Waals surface area contributed by atoms with Gasteiger partial charge in [-0.3, -0.25) is 14.4 Å². The van der Waals surface area contributed by atoms with E-state index in [1.165, 1.54) is 0 Å². The molecule has 0 aromatic heterocycles. The van der Waals surface area contributed by atoms with Crippen LogP contribution in [0.15, 0.2) is 53.6 Å². The minimum atomic E-state index is -0.409. The first-order valence-electron chi connectivity index (χ1n) is 9.70. The topological polar surface area (TPSA) is 100 Å². The van der Waals surface area contributed by atoms with Gasteiger partial charge in [0.15, 0.2) is 0 Å². The van der Waals surface area contributed by atoms with Crippen LogP contribution in [-0.2, 0) is 20.8 Å². The first kappa shape index (κ1) is 21.0. The highest BCUT2D eigenvalue weighted by molar-refractivity contribution is 6.43. The second-order valence-electron chi connectivity index (χ2n) is 6.78. The van der Waals surface area contributed by atoms with Crippen LogP contribution in [0.3, 0.4) is 0 Å². The number of ether oxygens (including phenoxy) is 1. The Kier molecular flexibility index (Phi) is 6.79. The summed E-state index contributed by atoms with van der Waals surface area (Å²) in [7, 11) is 1.56. The SMILES string of the molecule is CCc1cccc(NC(=O)CN2N=C(C(=O)Nc3ccc(OC)cc3)CCC2=O)c1. The van der Waals surface area contributed by atoms with E-state index in [-0.39, 0.29) is 36.9 Å². The van der Waals surface area contributed by atoms with E-state index in [1.54, 1.807) is 37.4 Å². The monoisotopic (exact) mass is 408 g/mol. The molecule has 156 valence electrons. The van der Waals surface area contributed by atoms with Gasteiger partial charge in [-0.25, -0.2) is 5.01 Å². The zero-order valence-corrected chi connectivity index (χ0v) is 17.0. The van der Waals surface area contributed by atoms with Crippen LogP contribution in [0.2, 0.25) is 0 Å². The molecule has 0 fully saturated rings. The Balaban J connectivity index is 1.63. The summed E-state index contributed by atoms with van der Waals surface area (Å²) in [6.07, 6.45) is 1.19. The van der Waals surface area contributed by atoms with Gasteiger partial charge in [-0.2, -0.15) is 5.10 Å². The van der Waals surface area contributed by atoms with Gasteiger partial charge >= 0.3 is 0 Å². The third-order valence-corrected chi connectivity index (χ3v) is 4.63. The third-order valence-electron chi connectivity index (χ3n) is 4.63. The maximum atomic E-state index is 12.5. The molecular weight excluding hydrogens is 384 g/mol. The van der Waals surface area contributed by atoms with E-state index in [0.717, 1.165) is 17.0 Å². The van der Waals surface area contributed by atoms with Crippen LogP contribution in [0.25, 0.3) is 0 Å². The lowest BCUT2D eigenvalue weighted by molar-refractivity contribution is -0.135. The van der Waals surface area contributed by atoms with Gasteiger partial charge in [0.25, 0.3) is 5.91 Å². The van der Waals surface area contributed by atoms with Gasteiger partial charge in [0.05, 0.1) is 7.11 Å². The molecule has 0 atom stereocenters. The van der Waals surface area contributed by atoms with Crippen molar-refractivity contribution in [3.05, 3.63) is 54.1 Å². The second kappa shape index (κ2) is 9.69. The van der Waals surface area contributed by atoms with Crippen LogP contribution >= 0.6 is 0 Å². The lowest BCUT2D eigenvalue weighted by Crippen LogP contribution is -2.40. The largest absolute Gasteiger partial charge is 0.497 e. The number of amides is 3.